The zero-order valence-electron chi connectivity index (χ0n) is 12.0. The molecule has 2 heterocycles. The summed E-state index contributed by atoms with van der Waals surface area (Å²) in [5, 5.41) is 0. The Hall–Kier alpha value is -1.13. The van der Waals surface area contributed by atoms with E-state index in [1.54, 1.807) is 16.4 Å². The number of nitrogens with zero attached hydrogens (tertiary/aromatic N) is 1. The van der Waals surface area contributed by atoms with Gasteiger partial charge in [0.15, 0.2) is 0 Å². The molecule has 3 aliphatic rings. The van der Waals surface area contributed by atoms with Gasteiger partial charge in [-0.15, -0.1) is 0 Å². The van der Waals surface area contributed by atoms with Gasteiger partial charge < -0.3 is 0 Å². The molecule has 3 atom stereocenters. The molecule has 4 heteroatoms. The van der Waals surface area contributed by atoms with Gasteiger partial charge >= 0.3 is 0 Å². The lowest BCUT2D eigenvalue weighted by atomic mass is 9.81. The van der Waals surface area contributed by atoms with Crippen molar-refractivity contribution in [2.24, 2.45) is 5.92 Å². The number of hydrogen-bond donors (Lipinski definition) is 0. The average molecular weight is 291 g/mol. The molecule has 4 rings (SSSR count). The van der Waals surface area contributed by atoms with Crippen LogP contribution < -0.4 is 0 Å². The summed E-state index contributed by atoms with van der Waals surface area (Å²) in [7, 11) is -3.39. The zero-order valence-corrected chi connectivity index (χ0v) is 12.8. The molecule has 1 saturated heterocycles. The Labute approximate surface area is 121 Å². The number of sulfonamides is 1. The lowest BCUT2D eigenvalue weighted by Crippen LogP contribution is -2.54. The van der Waals surface area contributed by atoms with Crippen molar-refractivity contribution in [3.63, 3.8) is 0 Å². The second-order valence-corrected chi connectivity index (χ2v) is 7.66. The van der Waals surface area contributed by atoms with E-state index in [-0.39, 0.29) is 12.1 Å². The van der Waals surface area contributed by atoms with Crippen molar-refractivity contribution in [2.75, 3.05) is 0 Å². The van der Waals surface area contributed by atoms with E-state index in [9.17, 15) is 8.42 Å². The highest BCUT2D eigenvalue weighted by Crippen LogP contribution is 2.39. The van der Waals surface area contributed by atoms with Crippen molar-refractivity contribution in [1.29, 1.82) is 0 Å². The predicted octanol–water partition coefficient (Wildman–Crippen LogP) is 3.11. The van der Waals surface area contributed by atoms with Crippen LogP contribution in [0.3, 0.4) is 0 Å². The highest BCUT2D eigenvalue weighted by atomic mass is 32.2. The molecule has 2 aliphatic heterocycles. The maximum Gasteiger partial charge on any atom is 0.243 e. The fourth-order valence-corrected chi connectivity index (χ4v) is 5.38. The van der Waals surface area contributed by atoms with Gasteiger partial charge in [0.1, 0.15) is 0 Å². The summed E-state index contributed by atoms with van der Waals surface area (Å²) in [5.74, 6) is 0.380. The van der Waals surface area contributed by atoms with E-state index in [1.165, 1.54) is 0 Å². The van der Waals surface area contributed by atoms with E-state index in [0.29, 0.717) is 10.8 Å². The molecule has 3 nitrogen and oxygen atoms in total. The average Bonchev–Trinajstić information content (AvgIpc) is 2.47. The third-order valence-electron chi connectivity index (χ3n) is 4.54. The zero-order chi connectivity index (χ0) is 14.3. The Bertz CT molecular complexity index is 618. The van der Waals surface area contributed by atoms with Crippen LogP contribution >= 0.6 is 0 Å². The highest BCUT2D eigenvalue weighted by molar-refractivity contribution is 7.89. The Kier molecular flexibility index (Phi) is 3.46. The quantitative estimate of drug-likeness (QED) is 0.802. The first-order valence-electron chi connectivity index (χ1n) is 7.32. The molecule has 0 N–H and O–H groups in total. The molecule has 0 amide bonds. The van der Waals surface area contributed by atoms with Crippen molar-refractivity contribution < 1.29 is 8.42 Å². The van der Waals surface area contributed by atoms with Gasteiger partial charge in [-0.05, 0) is 44.2 Å². The van der Waals surface area contributed by atoms with Gasteiger partial charge in [0.05, 0.1) is 4.90 Å². The van der Waals surface area contributed by atoms with Crippen molar-refractivity contribution in [2.45, 2.75) is 50.1 Å². The van der Waals surface area contributed by atoms with E-state index in [0.717, 1.165) is 24.8 Å². The van der Waals surface area contributed by atoms with Gasteiger partial charge in [-0.25, -0.2) is 8.42 Å². The molecule has 20 heavy (non-hydrogen) atoms. The van der Waals surface area contributed by atoms with Crippen molar-refractivity contribution in [3.05, 3.63) is 42.0 Å². The number of aryl methyl sites for hydroxylation is 1. The van der Waals surface area contributed by atoms with E-state index in [1.807, 2.05) is 19.1 Å². The Morgan fingerprint density at radius 2 is 1.85 bits per heavy atom. The smallest absolute Gasteiger partial charge is 0.207 e. The first-order chi connectivity index (χ1) is 9.54. The van der Waals surface area contributed by atoms with Crippen LogP contribution in [0.1, 0.15) is 31.7 Å². The normalized spacial score (nSPS) is 29.8. The summed E-state index contributed by atoms with van der Waals surface area (Å²) in [6.45, 7) is 4.05. The van der Waals surface area contributed by atoms with Gasteiger partial charge in [-0.3, -0.25) is 0 Å². The van der Waals surface area contributed by atoms with E-state index < -0.39 is 10.0 Å². The van der Waals surface area contributed by atoms with Crippen LogP contribution in [0.5, 0.6) is 0 Å². The molecular weight excluding hydrogens is 270 g/mol. The minimum Gasteiger partial charge on any atom is -0.207 e. The van der Waals surface area contributed by atoms with E-state index in [2.05, 4.69) is 19.1 Å². The monoisotopic (exact) mass is 291 g/mol. The molecule has 1 aliphatic carbocycles. The van der Waals surface area contributed by atoms with Crippen LogP contribution in [0.25, 0.3) is 0 Å². The van der Waals surface area contributed by atoms with Gasteiger partial charge in [-0.1, -0.05) is 36.8 Å². The summed E-state index contributed by atoms with van der Waals surface area (Å²) in [5.41, 5.74) is 1.08. The number of piperidine rings is 1. The highest BCUT2D eigenvalue weighted by Gasteiger charge is 2.44. The molecule has 0 unspecified atom stereocenters. The maximum absolute atomic E-state index is 12.9. The van der Waals surface area contributed by atoms with Crippen LogP contribution in [0.2, 0.25) is 0 Å². The molecule has 1 aromatic carbocycles. The lowest BCUT2D eigenvalue weighted by Gasteiger charge is -2.46. The minimum atomic E-state index is -3.39. The molecular formula is C16H21NO2S. The van der Waals surface area contributed by atoms with E-state index >= 15 is 0 Å². The fraction of sp³-hybridized carbons (Fsp3) is 0.500. The summed E-state index contributed by atoms with van der Waals surface area (Å²) in [6, 6.07) is 7.34. The summed E-state index contributed by atoms with van der Waals surface area (Å²) < 4.78 is 27.7. The minimum absolute atomic E-state index is 0.0382. The van der Waals surface area contributed by atoms with Gasteiger partial charge in [0.25, 0.3) is 0 Å². The Morgan fingerprint density at radius 3 is 2.40 bits per heavy atom. The number of hydrogen-bond acceptors (Lipinski definition) is 2. The number of fused-ring (bicyclic) bond motifs is 2. The maximum atomic E-state index is 12.9. The molecule has 2 bridgehead atoms. The molecule has 0 spiro atoms. The topological polar surface area (TPSA) is 37.4 Å². The summed E-state index contributed by atoms with van der Waals surface area (Å²) >= 11 is 0. The van der Waals surface area contributed by atoms with Crippen molar-refractivity contribution >= 4 is 10.0 Å². The summed E-state index contributed by atoms with van der Waals surface area (Å²) in [4.78, 5) is 0.419. The van der Waals surface area contributed by atoms with Gasteiger partial charge in [-0.2, -0.15) is 4.31 Å². The van der Waals surface area contributed by atoms with Crippen LogP contribution in [0.4, 0.5) is 0 Å². The second kappa shape index (κ2) is 5.01. The molecule has 1 aromatic rings. The van der Waals surface area contributed by atoms with Crippen LogP contribution in [-0.4, -0.2) is 24.8 Å². The van der Waals surface area contributed by atoms with Gasteiger partial charge in [0, 0.05) is 12.1 Å². The number of rotatable bonds is 3. The molecule has 1 fully saturated rings. The van der Waals surface area contributed by atoms with Crippen LogP contribution in [0, 0.1) is 12.8 Å². The standard InChI is InChI=1S/C16H21NO2S/c1-3-16-13-6-8-14(9-7-13)17(16)20(18,19)15-10-4-12(2)5-11-15/h4-6,8,10-11,13-14,16H,3,7,9H2,1-2H3/t13-,14-,16-/m0/s1. The molecule has 0 aromatic heterocycles. The van der Waals surface area contributed by atoms with E-state index in [4.69, 9.17) is 0 Å². The molecule has 0 saturated carbocycles. The van der Waals surface area contributed by atoms with Crippen molar-refractivity contribution in [1.82, 2.24) is 4.31 Å². The van der Waals surface area contributed by atoms with Crippen LogP contribution in [-0.2, 0) is 10.0 Å². The molecule has 108 valence electrons. The van der Waals surface area contributed by atoms with Crippen LogP contribution in [0.15, 0.2) is 41.3 Å². The second-order valence-electron chi connectivity index (χ2n) is 5.82. The SMILES string of the molecule is CC[C@H]1[C@H]2C=C[C@@H](CC2)N1S(=O)(=O)c1ccc(C)cc1. The third-order valence-corrected chi connectivity index (χ3v) is 6.50. The molecule has 0 radical (unpaired) electrons. The largest absolute Gasteiger partial charge is 0.243 e. The Balaban J connectivity index is 2.02. The predicted molar refractivity (Wildman–Crippen MR) is 79.9 cm³/mol. The lowest BCUT2D eigenvalue weighted by molar-refractivity contribution is 0.147. The Morgan fingerprint density at radius 1 is 1.15 bits per heavy atom. The third kappa shape index (κ3) is 2.11. The van der Waals surface area contributed by atoms with Gasteiger partial charge in [0.2, 0.25) is 10.0 Å². The summed E-state index contributed by atoms with van der Waals surface area (Å²) in [6.07, 6.45) is 7.22. The fourth-order valence-electron chi connectivity index (χ4n) is 3.47. The van der Waals surface area contributed by atoms with Crippen molar-refractivity contribution in [3.8, 4) is 0 Å². The first-order valence-corrected chi connectivity index (χ1v) is 8.76. The first kappa shape index (κ1) is 13.8. The number of benzene rings is 1.